The molecular formula is C45H27N3OS2. The van der Waals surface area contributed by atoms with Crippen LogP contribution >= 0.6 is 22.7 Å². The van der Waals surface area contributed by atoms with Gasteiger partial charge in [0, 0.05) is 62.2 Å². The van der Waals surface area contributed by atoms with E-state index in [0.717, 1.165) is 50.0 Å². The maximum absolute atomic E-state index is 6.63. The molecule has 0 saturated heterocycles. The fraction of sp³-hybridized carbons (Fsp3) is 0.0222. The summed E-state index contributed by atoms with van der Waals surface area (Å²) < 4.78 is 11.7. The Balaban J connectivity index is 1.17. The monoisotopic (exact) mass is 689 g/mol. The van der Waals surface area contributed by atoms with Crippen LogP contribution in [0.4, 0.5) is 0 Å². The van der Waals surface area contributed by atoms with Crippen molar-refractivity contribution in [3.8, 4) is 11.1 Å². The van der Waals surface area contributed by atoms with Crippen LogP contribution < -0.4 is 5.32 Å². The van der Waals surface area contributed by atoms with Crippen molar-refractivity contribution in [1.82, 2.24) is 5.32 Å². The van der Waals surface area contributed by atoms with Crippen LogP contribution in [-0.2, 0) is 0 Å². The first-order chi connectivity index (χ1) is 25.3. The van der Waals surface area contributed by atoms with Crippen molar-refractivity contribution in [3.05, 3.63) is 168 Å². The minimum Gasteiger partial charge on any atom is -0.456 e. The van der Waals surface area contributed by atoms with Gasteiger partial charge in [0.1, 0.15) is 23.2 Å². The minimum atomic E-state index is -0.322. The lowest BCUT2D eigenvalue weighted by molar-refractivity contribution is 0.668. The molecule has 0 fully saturated rings. The Morgan fingerprint density at radius 1 is 0.471 bits per heavy atom. The first-order valence-electron chi connectivity index (χ1n) is 17.0. The summed E-state index contributed by atoms with van der Waals surface area (Å²) in [6, 6.07) is 53.5. The van der Waals surface area contributed by atoms with Crippen molar-refractivity contribution >= 4 is 96.6 Å². The lowest BCUT2D eigenvalue weighted by Crippen LogP contribution is -2.33. The Kier molecular flexibility index (Phi) is 6.32. The van der Waals surface area contributed by atoms with E-state index in [1.54, 1.807) is 11.3 Å². The molecule has 4 nitrogen and oxygen atoms in total. The lowest BCUT2D eigenvalue weighted by Gasteiger charge is -2.24. The molecule has 1 atom stereocenters. The third-order valence-corrected chi connectivity index (χ3v) is 12.3. The van der Waals surface area contributed by atoms with Gasteiger partial charge in [-0.15, -0.1) is 22.7 Å². The van der Waals surface area contributed by atoms with Crippen molar-refractivity contribution in [3.63, 3.8) is 0 Å². The van der Waals surface area contributed by atoms with E-state index in [1.165, 1.54) is 45.9 Å². The predicted octanol–water partition coefficient (Wildman–Crippen LogP) is 12.5. The van der Waals surface area contributed by atoms with Gasteiger partial charge in [-0.3, -0.25) is 0 Å². The zero-order chi connectivity index (χ0) is 33.5. The van der Waals surface area contributed by atoms with Crippen molar-refractivity contribution in [2.75, 3.05) is 0 Å². The van der Waals surface area contributed by atoms with E-state index in [1.807, 2.05) is 17.4 Å². The van der Waals surface area contributed by atoms with Crippen LogP contribution in [-0.4, -0.2) is 11.7 Å². The summed E-state index contributed by atoms with van der Waals surface area (Å²) in [6.45, 7) is 0. The van der Waals surface area contributed by atoms with Crippen molar-refractivity contribution in [2.24, 2.45) is 9.98 Å². The Labute approximate surface area is 300 Å². The molecule has 1 aliphatic rings. The standard InChI is InChI=1S/C45H27N3OS2/c1-2-12-26(13-3-1)43-46-44(48-45(47-43)33-20-8-18-30-27-14-4-6-23-36(27)51-42(30)33)32-19-10-22-35-41(32)40-29(16-9-21-34(40)49-35)28-17-11-25-38-39(28)31-15-5-7-24-37(31)50-38/h1-25,43H,(H,46,47,48). The van der Waals surface area contributed by atoms with E-state index in [2.05, 4.69) is 151 Å². The summed E-state index contributed by atoms with van der Waals surface area (Å²) in [4.78, 5) is 10.6. The number of hydrogen-bond donors (Lipinski definition) is 1. The normalized spacial score (nSPS) is 14.9. The van der Waals surface area contributed by atoms with E-state index in [-0.39, 0.29) is 6.17 Å². The fourth-order valence-corrected chi connectivity index (χ4v) is 10.1. The third kappa shape index (κ3) is 4.43. The number of nitrogens with one attached hydrogen (secondary N) is 1. The van der Waals surface area contributed by atoms with Gasteiger partial charge in [-0.05, 0) is 53.1 Å². The molecule has 10 aromatic rings. The molecule has 0 aliphatic carbocycles. The molecule has 6 heteroatoms. The number of furan rings is 1. The number of benzene rings is 7. The Bertz CT molecular complexity index is 3070. The molecule has 1 aliphatic heterocycles. The van der Waals surface area contributed by atoms with Crippen LogP contribution in [0.15, 0.2) is 166 Å². The molecule has 0 saturated carbocycles. The van der Waals surface area contributed by atoms with Gasteiger partial charge in [0.05, 0.1) is 0 Å². The summed E-state index contributed by atoms with van der Waals surface area (Å²) in [6.07, 6.45) is -0.322. The van der Waals surface area contributed by atoms with Crippen LogP contribution in [0.3, 0.4) is 0 Å². The first-order valence-corrected chi connectivity index (χ1v) is 18.7. The molecule has 0 spiro atoms. The maximum atomic E-state index is 6.63. The van der Waals surface area contributed by atoms with Gasteiger partial charge in [0.2, 0.25) is 0 Å². The van der Waals surface area contributed by atoms with Crippen LogP contribution in [0.25, 0.3) is 73.4 Å². The van der Waals surface area contributed by atoms with Crippen molar-refractivity contribution in [1.29, 1.82) is 0 Å². The van der Waals surface area contributed by atoms with E-state index >= 15 is 0 Å². The largest absolute Gasteiger partial charge is 0.456 e. The zero-order valence-electron chi connectivity index (χ0n) is 27.1. The smallest absolute Gasteiger partial charge is 0.160 e. The van der Waals surface area contributed by atoms with Crippen molar-refractivity contribution < 1.29 is 4.42 Å². The second-order valence-corrected chi connectivity index (χ2v) is 15.0. The third-order valence-electron chi connectivity index (χ3n) is 9.97. The number of hydrogen-bond acceptors (Lipinski definition) is 6. The van der Waals surface area contributed by atoms with E-state index in [9.17, 15) is 0 Å². The van der Waals surface area contributed by atoms with Gasteiger partial charge in [-0.2, -0.15) is 0 Å². The van der Waals surface area contributed by atoms with E-state index in [4.69, 9.17) is 14.4 Å². The molecule has 4 heterocycles. The SMILES string of the molecule is c1ccc(C2N=C(c3cccc4c3sc3ccccc34)N=C(c3cccc4oc5cccc(-c6cccc7sc8ccccc8c67)c5c34)N2)cc1. The molecule has 7 aromatic carbocycles. The summed E-state index contributed by atoms with van der Waals surface area (Å²) in [5, 5.41) is 10.9. The van der Waals surface area contributed by atoms with Crippen LogP contribution in [0.1, 0.15) is 22.9 Å². The topological polar surface area (TPSA) is 49.9 Å². The highest BCUT2D eigenvalue weighted by Crippen LogP contribution is 2.45. The van der Waals surface area contributed by atoms with Gasteiger partial charge < -0.3 is 9.73 Å². The summed E-state index contributed by atoms with van der Waals surface area (Å²) in [5.74, 6) is 1.49. The number of amidine groups is 2. The van der Waals surface area contributed by atoms with Gasteiger partial charge in [0.15, 0.2) is 5.84 Å². The minimum absolute atomic E-state index is 0.322. The number of thiophene rings is 2. The van der Waals surface area contributed by atoms with Crippen molar-refractivity contribution in [2.45, 2.75) is 6.17 Å². The van der Waals surface area contributed by atoms with Crippen LogP contribution in [0, 0.1) is 0 Å². The molecule has 0 amide bonds. The average molecular weight is 690 g/mol. The van der Waals surface area contributed by atoms with Gasteiger partial charge in [-0.1, -0.05) is 115 Å². The molecule has 3 aromatic heterocycles. The molecule has 240 valence electrons. The molecule has 0 radical (unpaired) electrons. The predicted molar refractivity (Wildman–Crippen MR) is 217 cm³/mol. The number of fused-ring (bicyclic) bond motifs is 9. The molecule has 0 bridgehead atoms. The van der Waals surface area contributed by atoms with E-state index in [0.29, 0.717) is 5.84 Å². The summed E-state index contributed by atoms with van der Waals surface area (Å²) in [5.41, 5.74) is 7.12. The lowest BCUT2D eigenvalue weighted by atomic mass is 9.94. The van der Waals surface area contributed by atoms with Gasteiger partial charge in [0.25, 0.3) is 0 Å². The molecule has 1 N–H and O–H groups in total. The quantitative estimate of drug-likeness (QED) is 0.200. The Morgan fingerprint density at radius 2 is 1.06 bits per heavy atom. The first kappa shape index (κ1) is 28.7. The highest BCUT2D eigenvalue weighted by atomic mass is 32.1. The molecule has 1 unspecified atom stereocenters. The highest BCUT2D eigenvalue weighted by Gasteiger charge is 2.26. The summed E-state index contributed by atoms with van der Waals surface area (Å²) in [7, 11) is 0. The van der Waals surface area contributed by atoms with Gasteiger partial charge >= 0.3 is 0 Å². The Morgan fingerprint density at radius 3 is 1.88 bits per heavy atom. The molecule has 51 heavy (non-hydrogen) atoms. The van der Waals surface area contributed by atoms with Gasteiger partial charge in [-0.25, -0.2) is 9.98 Å². The highest BCUT2D eigenvalue weighted by molar-refractivity contribution is 7.26. The molecular weight excluding hydrogens is 663 g/mol. The van der Waals surface area contributed by atoms with E-state index < -0.39 is 0 Å². The van der Waals surface area contributed by atoms with Crippen LogP contribution in [0.2, 0.25) is 0 Å². The second kappa shape index (κ2) is 11.2. The second-order valence-electron chi connectivity index (χ2n) is 12.9. The van der Waals surface area contributed by atoms with Crippen LogP contribution in [0.5, 0.6) is 0 Å². The average Bonchev–Trinajstić information content (AvgIpc) is 3.89. The zero-order valence-corrected chi connectivity index (χ0v) is 28.8. The summed E-state index contributed by atoms with van der Waals surface area (Å²) >= 11 is 3.64. The number of nitrogens with zero attached hydrogens (tertiary/aromatic N) is 2. The Hall–Kier alpha value is -6.08. The molecule has 11 rings (SSSR count). The number of rotatable bonds is 4. The number of aliphatic imine (C=N–C) groups is 2. The maximum Gasteiger partial charge on any atom is 0.160 e. The fourth-order valence-electron chi connectivity index (χ4n) is 7.72.